The van der Waals surface area contributed by atoms with Gasteiger partial charge in [0.25, 0.3) is 0 Å². The highest BCUT2D eigenvalue weighted by Crippen LogP contribution is 2.09. The number of carboxylic acids is 2. The monoisotopic (exact) mass is 389 g/mol. The molecule has 0 fully saturated rings. The Hall–Kier alpha value is -0.620. The number of carbonyl (C=O) groups is 2. The average Bonchev–Trinajstić information content (AvgIpc) is 3.32. The maximum Gasteiger partial charge on any atom is 0.323 e. The molecule has 0 aliphatic heterocycles. The Morgan fingerprint density at radius 2 is 1.30 bits per heavy atom. The molecule has 0 saturated heterocycles. The minimum Gasteiger partial charge on any atom is -0.480 e. The Labute approximate surface area is 149 Å². The summed E-state index contributed by atoms with van der Waals surface area (Å²) in [5, 5.41) is 17.1. The zero-order chi connectivity index (χ0) is 18.5. The number of rotatable bonds is 8. The Morgan fingerprint density at radius 3 is 1.43 bits per heavy atom. The number of hydrogen-bond acceptors (Lipinski definition) is 8. The summed E-state index contributed by atoms with van der Waals surface area (Å²) >= 11 is 4.46. The highest BCUT2D eigenvalue weighted by Gasteiger charge is 2.27. The zero-order valence-corrected chi connectivity index (χ0v) is 16.3. The van der Waals surface area contributed by atoms with Crippen LogP contribution in [0.15, 0.2) is 3.96 Å². The number of nitrogens with two attached hydrogens (primary N) is 2. The maximum atomic E-state index is 10.4. The van der Waals surface area contributed by atoms with Gasteiger partial charge in [-0.25, -0.2) is 0 Å². The molecule has 0 unspecified atom stereocenters. The van der Waals surface area contributed by atoms with E-state index in [0.717, 1.165) is 11.5 Å². The van der Waals surface area contributed by atoms with Gasteiger partial charge in [0.15, 0.2) is 11.8 Å². The third-order valence-corrected chi connectivity index (χ3v) is 4.10. The van der Waals surface area contributed by atoms with Crippen LogP contribution in [0.4, 0.5) is 0 Å². The first-order chi connectivity index (χ1) is 10.5. The predicted octanol–water partition coefficient (Wildman–Crippen LogP) is 1.75. The fraction of sp³-hybridized carbons (Fsp3) is 0.833. The fourth-order valence-corrected chi connectivity index (χ4v) is 2.10. The van der Waals surface area contributed by atoms with Crippen molar-refractivity contribution in [1.29, 1.82) is 0 Å². The van der Waals surface area contributed by atoms with Crippen LogP contribution in [0.25, 0.3) is 0 Å². The number of thioether (sulfide) groups is 2. The standard InChI is InChI=1S/2C6H13NO2S.HNOS/c2*1-6(7,5(8)9)3-4-10-2;1-2-3-1/h2*3-4,7H2,1-2H3,(H,8,9);1H/t2*6-;/m00./s1. The highest BCUT2D eigenvalue weighted by molar-refractivity contribution is 7.98. The summed E-state index contributed by atoms with van der Waals surface area (Å²) in [6.07, 6.45) is 4.89. The third-order valence-electron chi connectivity index (χ3n) is 2.71. The minimum atomic E-state index is -1.05. The van der Waals surface area contributed by atoms with Gasteiger partial charge in [0.2, 0.25) is 0 Å². The molecule has 8 nitrogen and oxygen atoms in total. The Kier molecular flexibility index (Phi) is 13.7. The quantitative estimate of drug-likeness (QED) is 0.447. The maximum absolute atomic E-state index is 10.4. The van der Waals surface area contributed by atoms with E-state index < -0.39 is 23.0 Å². The predicted molar refractivity (Wildman–Crippen MR) is 97.4 cm³/mol. The van der Waals surface area contributed by atoms with Crippen LogP contribution in [0.3, 0.4) is 0 Å². The van der Waals surface area contributed by atoms with Gasteiger partial charge >= 0.3 is 11.9 Å². The molecule has 0 saturated carbocycles. The Bertz CT molecular complexity index is 372. The van der Waals surface area contributed by atoms with Crippen LogP contribution in [0, 0.1) is 0 Å². The molecule has 0 radical (unpaired) electrons. The number of carboxylic acid groups (broad SMARTS) is 2. The number of aliphatic carboxylic acids is 2. The van der Waals surface area contributed by atoms with E-state index in [-0.39, 0.29) is 0 Å². The topological polar surface area (TPSA) is 156 Å². The van der Waals surface area contributed by atoms with Gasteiger partial charge in [-0.1, -0.05) is 0 Å². The molecule has 0 aromatic carbocycles. The Morgan fingerprint density at radius 1 is 1.04 bits per heavy atom. The van der Waals surface area contributed by atoms with Crippen LogP contribution >= 0.6 is 35.4 Å². The molecule has 0 aliphatic rings. The normalized spacial score (nSPS) is 15.2. The molecule has 0 spiro atoms. The van der Waals surface area contributed by atoms with E-state index in [9.17, 15) is 9.59 Å². The molecule has 1 aromatic rings. The van der Waals surface area contributed by atoms with Crippen LogP contribution in [0.1, 0.15) is 26.7 Å². The molecule has 2 atom stereocenters. The van der Waals surface area contributed by atoms with Crippen molar-refractivity contribution in [1.82, 2.24) is 4.55 Å². The number of aromatic nitrogens is 1. The molecular weight excluding hydrogens is 362 g/mol. The highest BCUT2D eigenvalue weighted by atomic mass is 32.2. The lowest BCUT2D eigenvalue weighted by molar-refractivity contribution is -0.143. The first kappa shape index (κ1) is 24.6. The lowest BCUT2D eigenvalue weighted by atomic mass is 10.0. The summed E-state index contributed by atoms with van der Waals surface area (Å²) in [4.78, 5) is 20.8. The summed E-state index contributed by atoms with van der Waals surface area (Å²) in [7, 11) is 0. The van der Waals surface area contributed by atoms with Crippen LogP contribution in [0.2, 0.25) is 0 Å². The first-order valence-corrected chi connectivity index (χ1v) is 10.1. The first-order valence-electron chi connectivity index (χ1n) is 6.61. The van der Waals surface area contributed by atoms with Crippen molar-refractivity contribution in [3.8, 4) is 0 Å². The van der Waals surface area contributed by atoms with E-state index >= 15 is 0 Å². The van der Waals surface area contributed by atoms with Crippen molar-refractivity contribution in [3.05, 3.63) is 0 Å². The molecule has 1 heterocycles. The van der Waals surface area contributed by atoms with Crippen LogP contribution in [0.5, 0.6) is 0 Å². The summed E-state index contributed by atoms with van der Waals surface area (Å²) in [6, 6.07) is 0. The largest absolute Gasteiger partial charge is 0.480 e. The molecule has 0 aliphatic carbocycles. The van der Waals surface area contributed by atoms with E-state index in [1.165, 1.54) is 25.7 Å². The second kappa shape index (κ2) is 12.8. The lowest BCUT2D eigenvalue weighted by Gasteiger charge is -2.17. The van der Waals surface area contributed by atoms with Gasteiger partial charge in [0, 0.05) is 0 Å². The SMILES string of the molecule is CSCC[C@](C)(N)C(=O)O.CSCC[C@](C)(N)C(=O)O.[nH]1os1. The van der Waals surface area contributed by atoms with E-state index in [0.29, 0.717) is 12.8 Å². The van der Waals surface area contributed by atoms with Crippen LogP contribution in [-0.2, 0) is 9.59 Å². The van der Waals surface area contributed by atoms with E-state index in [1.54, 1.807) is 23.5 Å². The van der Waals surface area contributed by atoms with E-state index in [4.69, 9.17) is 21.7 Å². The fourth-order valence-electron chi connectivity index (χ4n) is 0.842. The summed E-state index contributed by atoms with van der Waals surface area (Å²) in [5.74, 6) is -0.276. The van der Waals surface area contributed by atoms with Crippen molar-refractivity contribution in [2.75, 3.05) is 24.0 Å². The minimum absolute atomic E-state index is 0.517. The van der Waals surface area contributed by atoms with E-state index in [1.807, 2.05) is 12.5 Å². The summed E-state index contributed by atoms with van der Waals surface area (Å²) in [6.45, 7) is 3.07. The number of H-pyrrole nitrogens is 1. The smallest absolute Gasteiger partial charge is 0.323 e. The van der Waals surface area contributed by atoms with Crippen molar-refractivity contribution >= 4 is 47.3 Å². The van der Waals surface area contributed by atoms with Crippen LogP contribution in [-0.4, -0.2) is 61.8 Å². The Balaban J connectivity index is 0. The molecule has 0 amide bonds. The van der Waals surface area contributed by atoms with Crippen molar-refractivity contribution in [2.24, 2.45) is 11.5 Å². The second-order valence-electron chi connectivity index (χ2n) is 5.18. The lowest BCUT2D eigenvalue weighted by Crippen LogP contribution is -2.45. The van der Waals surface area contributed by atoms with Crippen molar-refractivity contribution in [3.63, 3.8) is 0 Å². The molecule has 0 bridgehead atoms. The van der Waals surface area contributed by atoms with Gasteiger partial charge in [0.05, 0.1) is 0 Å². The molecule has 1 aromatic heterocycles. The number of nitrogens with one attached hydrogen (secondary N) is 1. The molecule has 138 valence electrons. The summed E-state index contributed by atoms with van der Waals surface area (Å²) < 4.78 is 6.58. The second-order valence-corrected chi connectivity index (χ2v) is 7.65. The van der Waals surface area contributed by atoms with Crippen LogP contribution < -0.4 is 11.5 Å². The van der Waals surface area contributed by atoms with E-state index in [2.05, 4.69) is 8.50 Å². The van der Waals surface area contributed by atoms with Gasteiger partial charge in [-0.05, 0) is 50.7 Å². The molecule has 1 rings (SSSR count). The molecule has 7 N–H and O–H groups in total. The summed E-state index contributed by atoms with van der Waals surface area (Å²) in [5.41, 5.74) is 8.76. The molecule has 11 heteroatoms. The van der Waals surface area contributed by atoms with Gasteiger partial charge in [-0.3, -0.25) is 13.5 Å². The average molecular weight is 390 g/mol. The van der Waals surface area contributed by atoms with Crippen molar-refractivity contribution < 1.29 is 23.8 Å². The van der Waals surface area contributed by atoms with Crippen molar-refractivity contribution in [2.45, 2.75) is 37.8 Å². The number of hydrogen-bond donors (Lipinski definition) is 5. The van der Waals surface area contributed by atoms with Gasteiger partial charge in [-0.15, -0.1) is 4.55 Å². The molecular formula is C12H27N3O5S3. The third kappa shape index (κ3) is 16.0. The molecule has 23 heavy (non-hydrogen) atoms. The zero-order valence-electron chi connectivity index (χ0n) is 13.8. The number of aromatic amines is 1. The van der Waals surface area contributed by atoms with Gasteiger partial charge in [0.1, 0.15) is 11.1 Å². The van der Waals surface area contributed by atoms with Gasteiger partial charge < -0.3 is 21.7 Å². The van der Waals surface area contributed by atoms with Gasteiger partial charge in [-0.2, -0.15) is 23.5 Å².